The first kappa shape index (κ1) is 9.54. The van der Waals surface area contributed by atoms with Crippen molar-refractivity contribution in [3.05, 3.63) is 0 Å². The molecule has 12 heavy (non-hydrogen) atoms. The molecule has 0 aliphatic carbocycles. The van der Waals surface area contributed by atoms with E-state index in [1.807, 2.05) is 0 Å². The second-order valence-corrected chi connectivity index (χ2v) is 3.67. The number of hydrogen-bond acceptors (Lipinski definition) is 2. The Labute approximate surface area is 75.0 Å². The van der Waals surface area contributed by atoms with Gasteiger partial charge in [0.25, 0.3) is 0 Å². The van der Waals surface area contributed by atoms with Crippen molar-refractivity contribution in [3.63, 3.8) is 0 Å². The van der Waals surface area contributed by atoms with Crippen molar-refractivity contribution in [1.82, 2.24) is 5.32 Å². The number of nitrogens with zero attached hydrogens (tertiary/aromatic N) is 1. The number of nitriles is 1. The van der Waals surface area contributed by atoms with Crippen LogP contribution in [0.1, 0.15) is 39.0 Å². The molecular formula is C10H18N2. The summed E-state index contributed by atoms with van der Waals surface area (Å²) in [5.41, 5.74) is 0. The van der Waals surface area contributed by atoms with Crippen LogP contribution in [0.4, 0.5) is 0 Å². The Morgan fingerprint density at radius 2 is 2.42 bits per heavy atom. The van der Waals surface area contributed by atoms with Gasteiger partial charge in [-0.05, 0) is 25.3 Å². The highest BCUT2D eigenvalue weighted by Crippen LogP contribution is 2.21. The Morgan fingerprint density at radius 3 is 3.08 bits per heavy atom. The molecule has 0 saturated carbocycles. The standard InChI is InChI=1S/C10H18N2/c1-2-3-4-9-5-6-12-10(7-9)8-11/h9-10,12H,2-7H2,1H3. The Morgan fingerprint density at radius 1 is 1.58 bits per heavy atom. The molecule has 2 heteroatoms. The summed E-state index contributed by atoms with van der Waals surface area (Å²) in [7, 11) is 0. The van der Waals surface area contributed by atoms with Crippen molar-refractivity contribution in [2.75, 3.05) is 6.54 Å². The Balaban J connectivity index is 2.22. The van der Waals surface area contributed by atoms with E-state index in [0.29, 0.717) is 0 Å². The van der Waals surface area contributed by atoms with Crippen LogP contribution in [0.25, 0.3) is 0 Å². The van der Waals surface area contributed by atoms with Gasteiger partial charge in [-0.1, -0.05) is 26.2 Å². The third kappa shape index (κ3) is 2.83. The molecule has 1 rings (SSSR count). The molecule has 0 bridgehead atoms. The lowest BCUT2D eigenvalue weighted by molar-refractivity contribution is 0.315. The van der Waals surface area contributed by atoms with Crippen molar-refractivity contribution >= 4 is 0 Å². The van der Waals surface area contributed by atoms with E-state index in [9.17, 15) is 0 Å². The monoisotopic (exact) mass is 166 g/mol. The van der Waals surface area contributed by atoms with Crippen LogP contribution in [0.3, 0.4) is 0 Å². The molecule has 0 aromatic carbocycles. The second kappa shape index (κ2) is 5.16. The number of unbranched alkanes of at least 4 members (excludes halogenated alkanes) is 1. The molecule has 1 aliphatic rings. The van der Waals surface area contributed by atoms with Crippen LogP contribution >= 0.6 is 0 Å². The zero-order chi connectivity index (χ0) is 8.81. The van der Waals surface area contributed by atoms with Gasteiger partial charge in [-0.2, -0.15) is 5.26 Å². The molecule has 1 heterocycles. The molecule has 2 atom stereocenters. The fourth-order valence-corrected chi connectivity index (χ4v) is 1.85. The first-order chi connectivity index (χ1) is 5.86. The third-order valence-corrected chi connectivity index (χ3v) is 2.63. The predicted molar refractivity (Wildman–Crippen MR) is 49.7 cm³/mol. The van der Waals surface area contributed by atoms with Crippen LogP contribution in [0.15, 0.2) is 0 Å². The van der Waals surface area contributed by atoms with E-state index >= 15 is 0 Å². The summed E-state index contributed by atoms with van der Waals surface area (Å²) >= 11 is 0. The van der Waals surface area contributed by atoms with Gasteiger partial charge in [0, 0.05) is 0 Å². The molecule has 0 aromatic rings. The van der Waals surface area contributed by atoms with Crippen molar-refractivity contribution < 1.29 is 0 Å². The van der Waals surface area contributed by atoms with Crippen molar-refractivity contribution in [3.8, 4) is 6.07 Å². The van der Waals surface area contributed by atoms with Gasteiger partial charge in [-0.25, -0.2) is 0 Å². The minimum Gasteiger partial charge on any atom is -0.302 e. The molecule has 0 amide bonds. The normalized spacial score (nSPS) is 29.7. The maximum absolute atomic E-state index is 8.72. The van der Waals surface area contributed by atoms with Crippen LogP contribution in [-0.2, 0) is 0 Å². The predicted octanol–water partition coefficient (Wildman–Crippen LogP) is 2.07. The second-order valence-electron chi connectivity index (χ2n) is 3.67. The van der Waals surface area contributed by atoms with Crippen molar-refractivity contribution in [2.24, 2.45) is 5.92 Å². The van der Waals surface area contributed by atoms with Gasteiger partial charge >= 0.3 is 0 Å². The number of hydrogen-bond donors (Lipinski definition) is 1. The highest BCUT2D eigenvalue weighted by molar-refractivity contribution is 4.93. The average Bonchev–Trinajstić information content (AvgIpc) is 2.15. The maximum Gasteiger partial charge on any atom is 0.0955 e. The lowest BCUT2D eigenvalue weighted by Crippen LogP contribution is -2.36. The highest BCUT2D eigenvalue weighted by Gasteiger charge is 2.19. The lowest BCUT2D eigenvalue weighted by atomic mass is 9.89. The smallest absolute Gasteiger partial charge is 0.0955 e. The summed E-state index contributed by atoms with van der Waals surface area (Å²) in [5, 5.41) is 11.9. The molecule has 1 saturated heterocycles. The largest absolute Gasteiger partial charge is 0.302 e. The average molecular weight is 166 g/mol. The molecule has 1 fully saturated rings. The van der Waals surface area contributed by atoms with Crippen LogP contribution in [0.5, 0.6) is 0 Å². The SMILES string of the molecule is CCCCC1CCNC(C#N)C1. The van der Waals surface area contributed by atoms with E-state index in [2.05, 4.69) is 18.3 Å². The topological polar surface area (TPSA) is 35.8 Å². The molecule has 0 radical (unpaired) electrons. The van der Waals surface area contributed by atoms with Crippen LogP contribution in [0.2, 0.25) is 0 Å². The summed E-state index contributed by atoms with van der Waals surface area (Å²) in [4.78, 5) is 0. The van der Waals surface area contributed by atoms with Crippen LogP contribution in [0, 0.1) is 17.2 Å². The lowest BCUT2D eigenvalue weighted by Gasteiger charge is -2.26. The molecule has 68 valence electrons. The van der Waals surface area contributed by atoms with E-state index in [1.165, 1.54) is 25.7 Å². The van der Waals surface area contributed by atoms with Crippen molar-refractivity contribution in [2.45, 2.75) is 45.1 Å². The van der Waals surface area contributed by atoms with Gasteiger partial charge < -0.3 is 5.32 Å². The zero-order valence-electron chi connectivity index (χ0n) is 7.84. The molecule has 0 spiro atoms. The summed E-state index contributed by atoms with van der Waals surface area (Å²) in [5.74, 6) is 0.802. The van der Waals surface area contributed by atoms with Gasteiger partial charge in [-0.15, -0.1) is 0 Å². The molecule has 0 aromatic heterocycles. The molecular weight excluding hydrogens is 148 g/mol. The maximum atomic E-state index is 8.72. The minimum absolute atomic E-state index is 0.126. The first-order valence-electron chi connectivity index (χ1n) is 4.99. The van der Waals surface area contributed by atoms with Crippen LogP contribution in [-0.4, -0.2) is 12.6 Å². The Bertz CT molecular complexity index is 160. The third-order valence-electron chi connectivity index (χ3n) is 2.63. The molecule has 1 N–H and O–H groups in total. The highest BCUT2D eigenvalue weighted by atomic mass is 14.9. The van der Waals surface area contributed by atoms with Crippen LogP contribution < -0.4 is 5.32 Å². The van der Waals surface area contributed by atoms with Gasteiger partial charge in [0.05, 0.1) is 12.1 Å². The molecule has 2 unspecified atom stereocenters. The number of piperidine rings is 1. The quantitative estimate of drug-likeness (QED) is 0.696. The summed E-state index contributed by atoms with van der Waals surface area (Å²) in [6.07, 6.45) is 6.25. The van der Waals surface area contributed by atoms with E-state index in [1.54, 1.807) is 0 Å². The Kier molecular flexibility index (Phi) is 4.10. The number of rotatable bonds is 3. The van der Waals surface area contributed by atoms with Crippen molar-refractivity contribution in [1.29, 1.82) is 5.26 Å². The van der Waals surface area contributed by atoms with E-state index in [-0.39, 0.29) is 6.04 Å². The summed E-state index contributed by atoms with van der Waals surface area (Å²) < 4.78 is 0. The zero-order valence-corrected chi connectivity index (χ0v) is 7.84. The molecule has 2 nitrogen and oxygen atoms in total. The minimum atomic E-state index is 0.126. The Hall–Kier alpha value is -0.550. The first-order valence-corrected chi connectivity index (χ1v) is 4.99. The fraction of sp³-hybridized carbons (Fsp3) is 0.900. The summed E-state index contributed by atoms with van der Waals surface area (Å²) in [6.45, 7) is 3.26. The number of nitrogens with one attached hydrogen (secondary N) is 1. The van der Waals surface area contributed by atoms with Gasteiger partial charge in [0.15, 0.2) is 0 Å². The van der Waals surface area contributed by atoms with Gasteiger partial charge in [0.2, 0.25) is 0 Å². The van der Waals surface area contributed by atoms with E-state index in [0.717, 1.165) is 18.9 Å². The fourth-order valence-electron chi connectivity index (χ4n) is 1.85. The van der Waals surface area contributed by atoms with Gasteiger partial charge in [-0.3, -0.25) is 0 Å². The molecule has 1 aliphatic heterocycles. The van der Waals surface area contributed by atoms with E-state index in [4.69, 9.17) is 5.26 Å². The van der Waals surface area contributed by atoms with E-state index < -0.39 is 0 Å². The van der Waals surface area contributed by atoms with Gasteiger partial charge in [0.1, 0.15) is 0 Å². The summed E-state index contributed by atoms with van der Waals surface area (Å²) in [6, 6.07) is 2.42.